The van der Waals surface area contributed by atoms with Crippen molar-refractivity contribution in [2.45, 2.75) is 43.3 Å². The van der Waals surface area contributed by atoms with Crippen LogP contribution in [0.4, 0.5) is 0 Å². The summed E-state index contributed by atoms with van der Waals surface area (Å²) in [4.78, 5) is 7.28. The molecule has 28 heavy (non-hydrogen) atoms. The lowest BCUT2D eigenvalue weighted by Gasteiger charge is -2.39. The average Bonchev–Trinajstić information content (AvgIpc) is 3.11. The van der Waals surface area contributed by atoms with Crippen LogP contribution in [0.2, 0.25) is 0 Å². The minimum absolute atomic E-state index is 0.0410. The van der Waals surface area contributed by atoms with E-state index in [1.54, 1.807) is 0 Å². The zero-order valence-corrected chi connectivity index (χ0v) is 15.8. The summed E-state index contributed by atoms with van der Waals surface area (Å²) < 4.78 is 0. The van der Waals surface area contributed by atoms with E-state index in [1.165, 1.54) is 17.5 Å². The van der Waals surface area contributed by atoms with E-state index in [1.807, 2.05) is 18.4 Å². The van der Waals surface area contributed by atoms with Gasteiger partial charge >= 0.3 is 0 Å². The molecule has 0 saturated heterocycles. The Balaban J connectivity index is 1.50. The molecule has 1 aromatic rings. The predicted octanol–water partition coefficient (Wildman–Crippen LogP) is 4.26. The van der Waals surface area contributed by atoms with Crippen molar-refractivity contribution in [2.75, 3.05) is 0 Å². The number of benzene rings is 1. The van der Waals surface area contributed by atoms with Gasteiger partial charge in [0.25, 0.3) is 0 Å². The maximum Gasteiger partial charge on any atom is 0.129 e. The van der Waals surface area contributed by atoms with Gasteiger partial charge in [0.15, 0.2) is 0 Å². The molecule has 4 heteroatoms. The summed E-state index contributed by atoms with van der Waals surface area (Å²) in [7, 11) is 0. The first-order chi connectivity index (χ1) is 13.7. The minimum atomic E-state index is -0.138. The van der Waals surface area contributed by atoms with Gasteiger partial charge < -0.3 is 10.6 Å². The van der Waals surface area contributed by atoms with Gasteiger partial charge in [-0.25, -0.2) is 0 Å². The van der Waals surface area contributed by atoms with Crippen LogP contribution in [0.15, 0.2) is 77.5 Å². The maximum atomic E-state index is 9.27. The first-order valence-electron chi connectivity index (χ1n) is 10.1. The normalized spacial score (nSPS) is 29.6. The Hall–Kier alpha value is -2.90. The molecule has 3 atom stereocenters. The van der Waals surface area contributed by atoms with Gasteiger partial charge in [-0.2, -0.15) is 5.26 Å². The quantitative estimate of drug-likeness (QED) is 0.867. The first-order valence-corrected chi connectivity index (χ1v) is 10.1. The Kier molecular flexibility index (Phi) is 4.07. The van der Waals surface area contributed by atoms with Gasteiger partial charge in [0.05, 0.1) is 23.7 Å². The molecule has 3 unspecified atom stereocenters. The van der Waals surface area contributed by atoms with Crippen molar-refractivity contribution in [2.24, 2.45) is 16.6 Å². The van der Waals surface area contributed by atoms with E-state index in [0.29, 0.717) is 11.5 Å². The van der Waals surface area contributed by atoms with E-state index in [4.69, 9.17) is 10.7 Å². The molecule has 5 rings (SSSR count). The van der Waals surface area contributed by atoms with Crippen LogP contribution in [0.5, 0.6) is 0 Å². The van der Waals surface area contributed by atoms with Crippen molar-refractivity contribution in [1.29, 1.82) is 5.26 Å². The molecule has 4 aliphatic rings. The number of hydrogen-bond donors (Lipinski definition) is 1. The molecule has 1 fully saturated rings. The summed E-state index contributed by atoms with van der Waals surface area (Å²) in [6, 6.07) is 11.3. The molecule has 0 amide bonds. The van der Waals surface area contributed by atoms with Gasteiger partial charge in [0.1, 0.15) is 5.84 Å². The van der Waals surface area contributed by atoms with Gasteiger partial charge in [-0.05, 0) is 49.0 Å². The second-order valence-electron chi connectivity index (χ2n) is 8.20. The number of amidine groups is 1. The highest BCUT2D eigenvalue weighted by atomic mass is 15.3. The summed E-state index contributed by atoms with van der Waals surface area (Å²) >= 11 is 0. The third-order valence-electron chi connectivity index (χ3n) is 6.53. The van der Waals surface area contributed by atoms with Gasteiger partial charge in [-0.1, -0.05) is 48.6 Å². The average molecular weight is 368 g/mol. The maximum absolute atomic E-state index is 9.27. The summed E-state index contributed by atoms with van der Waals surface area (Å²) in [6.45, 7) is 0. The molecular formula is C24H24N4. The van der Waals surface area contributed by atoms with E-state index in [-0.39, 0.29) is 17.6 Å². The Morgan fingerprint density at radius 2 is 2.00 bits per heavy atom. The largest absolute Gasteiger partial charge is 0.327 e. The number of hydrogen-bond acceptors (Lipinski definition) is 4. The van der Waals surface area contributed by atoms with E-state index >= 15 is 0 Å². The van der Waals surface area contributed by atoms with E-state index in [9.17, 15) is 5.26 Å². The lowest BCUT2D eigenvalue weighted by Crippen LogP contribution is -2.43. The van der Waals surface area contributed by atoms with Gasteiger partial charge in [0, 0.05) is 17.7 Å². The van der Waals surface area contributed by atoms with Crippen molar-refractivity contribution >= 4 is 5.84 Å². The van der Waals surface area contributed by atoms with Crippen LogP contribution in [0, 0.1) is 17.2 Å². The summed E-state index contributed by atoms with van der Waals surface area (Å²) in [5, 5.41) is 9.27. The Morgan fingerprint density at radius 3 is 2.64 bits per heavy atom. The van der Waals surface area contributed by atoms with Crippen LogP contribution in [0.3, 0.4) is 0 Å². The predicted molar refractivity (Wildman–Crippen MR) is 111 cm³/mol. The highest BCUT2D eigenvalue weighted by molar-refractivity contribution is 5.98. The van der Waals surface area contributed by atoms with Crippen molar-refractivity contribution < 1.29 is 0 Å². The number of nitriles is 1. The van der Waals surface area contributed by atoms with Crippen molar-refractivity contribution in [3.8, 4) is 6.07 Å². The fraction of sp³-hybridized carbons (Fsp3) is 0.333. The minimum Gasteiger partial charge on any atom is -0.327 e. The summed E-state index contributed by atoms with van der Waals surface area (Å²) in [5.74, 6) is 1.26. The topological polar surface area (TPSA) is 65.4 Å². The fourth-order valence-corrected chi connectivity index (χ4v) is 4.72. The first kappa shape index (κ1) is 17.2. The third kappa shape index (κ3) is 2.75. The molecule has 1 saturated carbocycles. The lowest BCUT2D eigenvalue weighted by molar-refractivity contribution is 0.253. The zero-order valence-electron chi connectivity index (χ0n) is 15.8. The molecular weight excluding hydrogens is 344 g/mol. The number of aliphatic imine (C=N–C) groups is 1. The second-order valence-corrected chi connectivity index (χ2v) is 8.20. The molecule has 2 aliphatic heterocycles. The van der Waals surface area contributed by atoms with Crippen LogP contribution >= 0.6 is 0 Å². The van der Waals surface area contributed by atoms with Crippen LogP contribution in [0.25, 0.3) is 0 Å². The highest BCUT2D eigenvalue weighted by Gasteiger charge is 2.41. The molecule has 1 aromatic carbocycles. The Morgan fingerprint density at radius 1 is 1.18 bits per heavy atom. The second kappa shape index (κ2) is 6.61. The van der Waals surface area contributed by atoms with Crippen molar-refractivity contribution in [3.05, 3.63) is 83.6 Å². The number of rotatable bonds is 3. The Bertz CT molecular complexity index is 967. The van der Waals surface area contributed by atoms with Gasteiger partial charge in [0.2, 0.25) is 0 Å². The molecule has 2 aliphatic carbocycles. The number of nitrogens with zero attached hydrogens (tertiary/aromatic N) is 3. The number of nitrogens with two attached hydrogens (primary N) is 1. The van der Waals surface area contributed by atoms with Crippen LogP contribution < -0.4 is 5.73 Å². The molecule has 0 bridgehead atoms. The van der Waals surface area contributed by atoms with E-state index < -0.39 is 0 Å². The zero-order chi connectivity index (χ0) is 19.1. The van der Waals surface area contributed by atoms with Crippen molar-refractivity contribution in [3.63, 3.8) is 0 Å². The molecule has 0 radical (unpaired) electrons. The third-order valence-corrected chi connectivity index (χ3v) is 6.53. The van der Waals surface area contributed by atoms with Gasteiger partial charge in [-0.15, -0.1) is 0 Å². The smallest absolute Gasteiger partial charge is 0.129 e. The van der Waals surface area contributed by atoms with Crippen LogP contribution in [-0.2, 0) is 5.54 Å². The SMILES string of the molecule is N#CC1=CC2=NC(c3ccc(C4(N)CCC4)cc3)C(C3C=CC=CC3)N2C=C1. The fourth-order valence-electron chi connectivity index (χ4n) is 4.72. The molecule has 140 valence electrons. The number of fused-ring (bicyclic) bond motifs is 1. The summed E-state index contributed by atoms with van der Waals surface area (Å²) in [6.07, 6.45) is 18.9. The van der Waals surface area contributed by atoms with Gasteiger partial charge in [-0.3, -0.25) is 4.99 Å². The monoisotopic (exact) mass is 368 g/mol. The standard InChI is InChI=1S/C24H24N4/c25-16-17-11-14-28-21(15-17)27-22(23(28)19-5-2-1-3-6-19)18-7-9-20(10-8-18)24(26)12-4-13-24/h1-3,5,7-11,14-15,19,22-23H,4,6,12-13,26H2. The van der Waals surface area contributed by atoms with E-state index in [2.05, 4.69) is 59.5 Å². The number of allylic oxidation sites excluding steroid dienone is 5. The molecule has 4 nitrogen and oxygen atoms in total. The molecule has 0 aromatic heterocycles. The lowest BCUT2D eigenvalue weighted by atomic mass is 9.72. The van der Waals surface area contributed by atoms with E-state index in [0.717, 1.165) is 25.1 Å². The molecule has 2 N–H and O–H groups in total. The Labute approximate surface area is 166 Å². The highest BCUT2D eigenvalue weighted by Crippen LogP contribution is 2.42. The molecule has 2 heterocycles. The van der Waals surface area contributed by atoms with Crippen molar-refractivity contribution in [1.82, 2.24) is 4.90 Å². The molecule has 0 spiro atoms. The van der Waals surface area contributed by atoms with Crippen LogP contribution in [-0.4, -0.2) is 16.8 Å². The summed E-state index contributed by atoms with van der Waals surface area (Å²) in [5.41, 5.74) is 9.45. The van der Waals surface area contributed by atoms with Crippen LogP contribution in [0.1, 0.15) is 42.9 Å².